The molecule has 0 saturated heterocycles. The third kappa shape index (κ3) is 4.86. The van der Waals surface area contributed by atoms with E-state index >= 15 is 0 Å². The third-order valence-electron chi connectivity index (χ3n) is 2.28. The number of ether oxygens (including phenoxy) is 1. The van der Waals surface area contributed by atoms with Gasteiger partial charge in [0.25, 0.3) is 0 Å². The Bertz CT molecular complexity index is 264. The Balaban J connectivity index is 4.74. The standard InChI is InChI=1S/C10H17NO5/c1-7(2)4-8(6-12)9(5-11(14)15)10(13)16-3/h6-9H,4-5H2,1-3H3/t8-,9-/m1/s1. The zero-order valence-electron chi connectivity index (χ0n) is 9.71. The van der Waals surface area contributed by atoms with Crippen LogP contribution in [0.1, 0.15) is 20.3 Å². The number of rotatable bonds is 7. The highest BCUT2D eigenvalue weighted by molar-refractivity contribution is 5.76. The van der Waals surface area contributed by atoms with Crippen LogP contribution in [0.25, 0.3) is 0 Å². The van der Waals surface area contributed by atoms with Crippen molar-refractivity contribution >= 4 is 12.3 Å². The van der Waals surface area contributed by atoms with Crippen molar-refractivity contribution in [2.24, 2.45) is 17.8 Å². The van der Waals surface area contributed by atoms with E-state index in [0.717, 1.165) is 7.11 Å². The predicted molar refractivity (Wildman–Crippen MR) is 56.4 cm³/mol. The molecule has 16 heavy (non-hydrogen) atoms. The molecule has 0 bridgehead atoms. The van der Waals surface area contributed by atoms with Gasteiger partial charge in [-0.15, -0.1) is 0 Å². The molecule has 0 unspecified atom stereocenters. The predicted octanol–water partition coefficient (Wildman–Crippen LogP) is 0.913. The smallest absolute Gasteiger partial charge is 0.316 e. The second-order valence-corrected chi connectivity index (χ2v) is 4.07. The summed E-state index contributed by atoms with van der Waals surface area (Å²) in [5.41, 5.74) is 0. The molecule has 2 atom stereocenters. The zero-order valence-corrected chi connectivity index (χ0v) is 9.71. The van der Waals surface area contributed by atoms with E-state index in [1.54, 1.807) is 0 Å². The summed E-state index contributed by atoms with van der Waals surface area (Å²) < 4.78 is 4.48. The third-order valence-corrected chi connectivity index (χ3v) is 2.28. The van der Waals surface area contributed by atoms with Gasteiger partial charge in [0.2, 0.25) is 6.54 Å². The van der Waals surface area contributed by atoms with Crippen LogP contribution in [-0.2, 0) is 14.3 Å². The molecule has 0 heterocycles. The van der Waals surface area contributed by atoms with Crippen molar-refractivity contribution in [3.8, 4) is 0 Å². The minimum atomic E-state index is -0.986. The maximum atomic E-state index is 11.3. The Labute approximate surface area is 94.1 Å². The maximum absolute atomic E-state index is 11.3. The van der Waals surface area contributed by atoms with Gasteiger partial charge in [-0.05, 0) is 12.3 Å². The van der Waals surface area contributed by atoms with Gasteiger partial charge in [-0.25, -0.2) is 0 Å². The Morgan fingerprint density at radius 1 is 1.50 bits per heavy atom. The lowest BCUT2D eigenvalue weighted by atomic mass is 9.86. The van der Waals surface area contributed by atoms with E-state index in [1.165, 1.54) is 0 Å². The average molecular weight is 231 g/mol. The molecule has 0 saturated carbocycles. The molecule has 0 aromatic carbocycles. The van der Waals surface area contributed by atoms with Gasteiger partial charge in [-0.2, -0.15) is 0 Å². The normalized spacial score (nSPS) is 14.2. The summed E-state index contributed by atoms with van der Waals surface area (Å²) in [7, 11) is 1.16. The van der Waals surface area contributed by atoms with Crippen LogP contribution in [0.2, 0.25) is 0 Å². The fraction of sp³-hybridized carbons (Fsp3) is 0.800. The van der Waals surface area contributed by atoms with Crippen LogP contribution in [0.5, 0.6) is 0 Å². The quantitative estimate of drug-likeness (QED) is 0.281. The fourth-order valence-corrected chi connectivity index (χ4v) is 1.56. The van der Waals surface area contributed by atoms with Crippen molar-refractivity contribution in [3.63, 3.8) is 0 Å². The largest absolute Gasteiger partial charge is 0.469 e. The minimum absolute atomic E-state index is 0.189. The van der Waals surface area contributed by atoms with Crippen LogP contribution in [0.4, 0.5) is 0 Å². The molecule has 0 radical (unpaired) electrons. The van der Waals surface area contributed by atoms with Gasteiger partial charge in [0.1, 0.15) is 12.2 Å². The summed E-state index contributed by atoms with van der Waals surface area (Å²) in [6.45, 7) is 3.21. The molecule has 0 aliphatic carbocycles. The molecule has 0 aliphatic heterocycles. The molecule has 0 aromatic heterocycles. The number of carbonyl (C=O) groups excluding carboxylic acids is 2. The van der Waals surface area contributed by atoms with Crippen LogP contribution in [0, 0.1) is 27.9 Å². The molecular formula is C10H17NO5. The van der Waals surface area contributed by atoms with Crippen LogP contribution >= 0.6 is 0 Å². The Morgan fingerprint density at radius 3 is 2.38 bits per heavy atom. The maximum Gasteiger partial charge on any atom is 0.316 e. The summed E-state index contributed by atoms with van der Waals surface area (Å²) in [5, 5.41) is 10.4. The van der Waals surface area contributed by atoms with Gasteiger partial charge < -0.3 is 9.53 Å². The fourth-order valence-electron chi connectivity index (χ4n) is 1.56. The first-order valence-electron chi connectivity index (χ1n) is 5.07. The second kappa shape index (κ2) is 6.92. The van der Waals surface area contributed by atoms with Crippen LogP contribution < -0.4 is 0 Å². The number of methoxy groups -OCH3 is 1. The minimum Gasteiger partial charge on any atom is -0.469 e. The SMILES string of the molecule is COC(=O)[C@H](C[N+](=O)[O-])[C@@H](C=O)CC(C)C. The average Bonchev–Trinajstić information content (AvgIpc) is 2.21. The molecule has 6 heteroatoms. The number of hydrogen-bond donors (Lipinski definition) is 0. The van der Waals surface area contributed by atoms with E-state index in [4.69, 9.17) is 0 Å². The van der Waals surface area contributed by atoms with E-state index in [2.05, 4.69) is 4.74 Å². The highest BCUT2D eigenvalue weighted by atomic mass is 16.6. The lowest BCUT2D eigenvalue weighted by molar-refractivity contribution is -0.487. The van der Waals surface area contributed by atoms with Gasteiger partial charge in [0.15, 0.2) is 0 Å². The first-order chi connectivity index (χ1) is 7.42. The van der Waals surface area contributed by atoms with Crippen molar-refractivity contribution in [2.75, 3.05) is 13.7 Å². The van der Waals surface area contributed by atoms with Gasteiger partial charge >= 0.3 is 5.97 Å². The molecule has 0 aromatic rings. The molecular weight excluding hydrogens is 214 g/mol. The molecule has 0 spiro atoms. The molecule has 6 nitrogen and oxygen atoms in total. The van der Waals surface area contributed by atoms with E-state index < -0.39 is 29.3 Å². The first-order valence-corrected chi connectivity index (χ1v) is 5.07. The number of esters is 1. The van der Waals surface area contributed by atoms with E-state index in [-0.39, 0.29) is 5.92 Å². The lowest BCUT2D eigenvalue weighted by Crippen LogP contribution is -2.33. The van der Waals surface area contributed by atoms with E-state index in [0.29, 0.717) is 12.7 Å². The monoisotopic (exact) mass is 231 g/mol. The molecule has 0 amide bonds. The Morgan fingerprint density at radius 2 is 2.06 bits per heavy atom. The number of nitro groups is 1. The number of hydrogen-bond acceptors (Lipinski definition) is 5. The van der Waals surface area contributed by atoms with Crippen LogP contribution in [-0.4, -0.2) is 30.8 Å². The first kappa shape index (κ1) is 14.5. The molecule has 0 N–H and O–H groups in total. The van der Waals surface area contributed by atoms with Crippen molar-refractivity contribution in [1.82, 2.24) is 0 Å². The molecule has 0 rings (SSSR count). The van der Waals surface area contributed by atoms with Crippen molar-refractivity contribution in [2.45, 2.75) is 20.3 Å². The summed E-state index contributed by atoms with van der Waals surface area (Å²) in [4.78, 5) is 32.0. The lowest BCUT2D eigenvalue weighted by Gasteiger charge is -2.18. The summed E-state index contributed by atoms with van der Waals surface area (Å²) in [6.07, 6.45) is 1.04. The van der Waals surface area contributed by atoms with Crippen LogP contribution in [0.15, 0.2) is 0 Å². The Hall–Kier alpha value is -1.46. The second-order valence-electron chi connectivity index (χ2n) is 4.07. The van der Waals surface area contributed by atoms with Gasteiger partial charge in [-0.3, -0.25) is 14.9 Å². The molecule has 0 aliphatic rings. The van der Waals surface area contributed by atoms with Gasteiger partial charge in [-0.1, -0.05) is 13.8 Å². The van der Waals surface area contributed by atoms with Gasteiger partial charge in [0, 0.05) is 10.8 Å². The number of aldehydes is 1. The molecule has 92 valence electrons. The topological polar surface area (TPSA) is 86.5 Å². The van der Waals surface area contributed by atoms with Crippen molar-refractivity contribution < 1.29 is 19.2 Å². The summed E-state index contributed by atoms with van der Waals surface area (Å²) in [6, 6.07) is 0. The van der Waals surface area contributed by atoms with Crippen LogP contribution in [0.3, 0.4) is 0 Å². The van der Waals surface area contributed by atoms with E-state index in [1.807, 2.05) is 13.8 Å². The summed E-state index contributed by atoms with van der Waals surface area (Å²) >= 11 is 0. The molecule has 0 fully saturated rings. The highest BCUT2D eigenvalue weighted by Gasteiger charge is 2.33. The number of nitrogens with zero attached hydrogens (tertiary/aromatic N) is 1. The van der Waals surface area contributed by atoms with Gasteiger partial charge in [0.05, 0.1) is 7.11 Å². The van der Waals surface area contributed by atoms with Crippen molar-refractivity contribution in [1.29, 1.82) is 0 Å². The van der Waals surface area contributed by atoms with E-state index in [9.17, 15) is 19.7 Å². The highest BCUT2D eigenvalue weighted by Crippen LogP contribution is 2.20. The number of carbonyl (C=O) groups is 2. The summed E-state index contributed by atoms with van der Waals surface area (Å²) in [5.74, 6) is -2.15. The van der Waals surface area contributed by atoms with Crippen molar-refractivity contribution in [3.05, 3.63) is 10.1 Å². The zero-order chi connectivity index (χ0) is 12.7. The Kier molecular flexibility index (Phi) is 6.29.